The highest BCUT2D eigenvalue weighted by atomic mass is 32.2. The molecule has 1 aliphatic heterocycles. The van der Waals surface area contributed by atoms with Gasteiger partial charge in [0.2, 0.25) is 5.91 Å². The maximum Gasteiger partial charge on any atom is 0.242 e. The van der Waals surface area contributed by atoms with Gasteiger partial charge >= 0.3 is 0 Å². The van der Waals surface area contributed by atoms with Crippen molar-refractivity contribution in [2.45, 2.75) is 31.4 Å². The molecule has 1 atom stereocenters. The maximum atomic E-state index is 12.2. The number of sulfone groups is 1. The number of carbonyl (C=O) groups is 1. The number of aryl methyl sites for hydroxylation is 1. The Kier molecular flexibility index (Phi) is 4.09. The summed E-state index contributed by atoms with van der Waals surface area (Å²) in [4.78, 5) is 12.2. The predicted molar refractivity (Wildman–Crippen MR) is 75.9 cm³/mol. The molecule has 1 saturated heterocycles. The van der Waals surface area contributed by atoms with Crippen LogP contribution in [0.3, 0.4) is 0 Å². The fraction of sp³-hybridized carbons (Fsp3) is 0.429. The third-order valence-corrected chi connectivity index (χ3v) is 5.69. The van der Waals surface area contributed by atoms with E-state index in [0.29, 0.717) is 24.1 Å². The van der Waals surface area contributed by atoms with Crippen LogP contribution in [0.2, 0.25) is 0 Å². The zero-order valence-corrected chi connectivity index (χ0v) is 12.0. The normalized spacial score (nSPS) is 20.9. The molecule has 0 spiro atoms. The van der Waals surface area contributed by atoms with Crippen LogP contribution in [0.4, 0.5) is 5.69 Å². The Morgan fingerprint density at radius 1 is 1.40 bits per heavy atom. The van der Waals surface area contributed by atoms with Gasteiger partial charge in [0, 0.05) is 0 Å². The molecule has 2 rings (SSSR count). The number of nitrogens with one attached hydrogen (secondary N) is 1. The van der Waals surface area contributed by atoms with Crippen molar-refractivity contribution in [3.05, 3.63) is 29.3 Å². The molecule has 1 aliphatic rings. The zero-order valence-electron chi connectivity index (χ0n) is 11.2. The van der Waals surface area contributed by atoms with E-state index in [4.69, 9.17) is 5.26 Å². The minimum atomic E-state index is -3.37. The van der Waals surface area contributed by atoms with E-state index < -0.39 is 21.0 Å². The summed E-state index contributed by atoms with van der Waals surface area (Å²) in [5, 5.41) is 10.7. The van der Waals surface area contributed by atoms with Crippen LogP contribution in [0.1, 0.15) is 30.4 Å². The molecule has 0 radical (unpaired) electrons. The van der Waals surface area contributed by atoms with Gasteiger partial charge in [0.05, 0.1) is 17.0 Å². The summed E-state index contributed by atoms with van der Waals surface area (Å²) in [6.07, 6.45) is 1.69. The third-order valence-electron chi connectivity index (χ3n) is 3.51. The quantitative estimate of drug-likeness (QED) is 0.900. The number of anilines is 1. The lowest BCUT2D eigenvalue weighted by Crippen LogP contribution is -2.39. The molecule has 1 aromatic rings. The van der Waals surface area contributed by atoms with Gasteiger partial charge in [-0.05, 0) is 31.4 Å². The molecular weight excluding hydrogens is 276 g/mol. The Bertz CT molecular complexity index is 674. The average molecular weight is 292 g/mol. The Labute approximate surface area is 118 Å². The molecule has 1 aromatic carbocycles. The van der Waals surface area contributed by atoms with E-state index in [-0.39, 0.29) is 5.75 Å². The first-order chi connectivity index (χ1) is 9.45. The van der Waals surface area contributed by atoms with Gasteiger partial charge in [-0.1, -0.05) is 18.6 Å². The summed E-state index contributed by atoms with van der Waals surface area (Å²) in [6.45, 7) is 1.77. The van der Waals surface area contributed by atoms with Crippen molar-refractivity contribution in [2.24, 2.45) is 0 Å². The number of hydrogen-bond acceptors (Lipinski definition) is 4. The molecule has 1 amide bonds. The molecule has 1 unspecified atom stereocenters. The van der Waals surface area contributed by atoms with Gasteiger partial charge in [0.1, 0.15) is 11.3 Å². The molecule has 0 aliphatic carbocycles. The highest BCUT2D eigenvalue weighted by molar-refractivity contribution is 7.92. The fourth-order valence-electron chi connectivity index (χ4n) is 2.38. The van der Waals surface area contributed by atoms with Crippen LogP contribution in [0, 0.1) is 18.3 Å². The first-order valence-corrected chi connectivity index (χ1v) is 8.19. The van der Waals surface area contributed by atoms with Crippen molar-refractivity contribution < 1.29 is 13.2 Å². The van der Waals surface area contributed by atoms with Gasteiger partial charge in [-0.25, -0.2) is 8.42 Å². The summed E-state index contributed by atoms with van der Waals surface area (Å²) >= 11 is 0. The third kappa shape index (κ3) is 2.83. The van der Waals surface area contributed by atoms with Gasteiger partial charge in [-0.3, -0.25) is 4.79 Å². The molecule has 0 aromatic heterocycles. The lowest BCUT2D eigenvalue weighted by atomic mass is 10.1. The molecule has 106 valence electrons. The number of rotatable bonds is 2. The zero-order chi connectivity index (χ0) is 14.8. The van der Waals surface area contributed by atoms with Crippen molar-refractivity contribution in [2.75, 3.05) is 11.1 Å². The topological polar surface area (TPSA) is 87.0 Å². The Morgan fingerprint density at radius 3 is 2.80 bits per heavy atom. The summed E-state index contributed by atoms with van der Waals surface area (Å²) in [5.41, 5.74) is 1.49. The van der Waals surface area contributed by atoms with Crippen LogP contribution in [0.25, 0.3) is 0 Å². The van der Waals surface area contributed by atoms with Crippen molar-refractivity contribution >= 4 is 21.4 Å². The summed E-state index contributed by atoms with van der Waals surface area (Å²) < 4.78 is 23.8. The van der Waals surface area contributed by atoms with Crippen molar-refractivity contribution in [1.82, 2.24) is 0 Å². The number of amides is 1. The molecule has 6 heteroatoms. The second-order valence-electron chi connectivity index (χ2n) is 4.95. The average Bonchev–Trinajstić information content (AvgIpc) is 2.38. The van der Waals surface area contributed by atoms with Crippen LogP contribution in [0.5, 0.6) is 0 Å². The summed E-state index contributed by atoms with van der Waals surface area (Å²) in [6, 6.07) is 7.13. The predicted octanol–water partition coefficient (Wildman–Crippen LogP) is 1.77. The number of nitrogens with zero attached hydrogens (tertiary/aromatic N) is 1. The second kappa shape index (κ2) is 5.63. The van der Waals surface area contributed by atoms with Crippen LogP contribution in [0.15, 0.2) is 18.2 Å². The van der Waals surface area contributed by atoms with E-state index in [1.54, 1.807) is 25.1 Å². The second-order valence-corrected chi connectivity index (χ2v) is 7.25. The van der Waals surface area contributed by atoms with E-state index in [1.807, 2.05) is 6.07 Å². The molecular formula is C14H16N2O3S. The first-order valence-electron chi connectivity index (χ1n) is 6.48. The van der Waals surface area contributed by atoms with Gasteiger partial charge in [0.15, 0.2) is 9.84 Å². The van der Waals surface area contributed by atoms with E-state index in [2.05, 4.69) is 5.32 Å². The largest absolute Gasteiger partial charge is 0.324 e. The van der Waals surface area contributed by atoms with Gasteiger partial charge in [-0.15, -0.1) is 0 Å². The van der Waals surface area contributed by atoms with Crippen molar-refractivity contribution in [3.63, 3.8) is 0 Å². The van der Waals surface area contributed by atoms with Gasteiger partial charge in [0.25, 0.3) is 0 Å². The summed E-state index contributed by atoms with van der Waals surface area (Å²) in [7, 11) is -3.37. The number of hydrogen-bond donors (Lipinski definition) is 1. The lowest BCUT2D eigenvalue weighted by molar-refractivity contribution is -0.116. The Hall–Kier alpha value is -1.87. The molecule has 0 saturated carbocycles. The maximum absolute atomic E-state index is 12.2. The molecule has 5 nitrogen and oxygen atoms in total. The molecule has 1 N–H and O–H groups in total. The van der Waals surface area contributed by atoms with Gasteiger partial charge in [-0.2, -0.15) is 5.26 Å². The van der Waals surface area contributed by atoms with Crippen molar-refractivity contribution in [1.29, 1.82) is 5.26 Å². The monoisotopic (exact) mass is 292 g/mol. The van der Waals surface area contributed by atoms with Crippen LogP contribution in [-0.4, -0.2) is 25.3 Å². The minimum absolute atomic E-state index is 0.0595. The highest BCUT2D eigenvalue weighted by Gasteiger charge is 2.35. The van der Waals surface area contributed by atoms with E-state index >= 15 is 0 Å². The highest BCUT2D eigenvalue weighted by Crippen LogP contribution is 2.23. The van der Waals surface area contributed by atoms with Crippen LogP contribution < -0.4 is 5.32 Å². The number of nitriles is 1. The fourth-order valence-corrected chi connectivity index (χ4v) is 4.18. The Balaban J connectivity index is 2.25. The number of benzene rings is 1. The van der Waals surface area contributed by atoms with Crippen molar-refractivity contribution in [3.8, 4) is 6.07 Å². The molecule has 0 bridgehead atoms. The minimum Gasteiger partial charge on any atom is -0.324 e. The first kappa shape index (κ1) is 14.5. The van der Waals surface area contributed by atoms with Crippen LogP contribution in [-0.2, 0) is 14.6 Å². The molecule has 1 fully saturated rings. The standard InChI is InChI=1S/C14H16N2O3S/c1-10-5-4-6-12(11(10)9-15)16-14(17)13-7-2-3-8-20(13,18)19/h4-6,13H,2-3,7-8H2,1H3,(H,16,17). The Morgan fingerprint density at radius 2 is 2.15 bits per heavy atom. The number of carbonyl (C=O) groups excluding carboxylic acids is 1. The summed E-state index contributed by atoms with van der Waals surface area (Å²) in [5.74, 6) is -0.476. The van der Waals surface area contributed by atoms with E-state index in [1.165, 1.54) is 0 Å². The SMILES string of the molecule is Cc1cccc(NC(=O)C2CCCCS2(=O)=O)c1C#N. The van der Waals surface area contributed by atoms with E-state index in [0.717, 1.165) is 12.0 Å². The molecule has 1 heterocycles. The molecule has 20 heavy (non-hydrogen) atoms. The lowest BCUT2D eigenvalue weighted by Gasteiger charge is -2.21. The smallest absolute Gasteiger partial charge is 0.242 e. The van der Waals surface area contributed by atoms with E-state index in [9.17, 15) is 13.2 Å². The van der Waals surface area contributed by atoms with Gasteiger partial charge < -0.3 is 5.32 Å². The van der Waals surface area contributed by atoms with Crippen LogP contribution >= 0.6 is 0 Å².